The molecule has 0 saturated carbocycles. The van der Waals surface area contributed by atoms with Gasteiger partial charge in [0.15, 0.2) is 11.5 Å². The van der Waals surface area contributed by atoms with Gasteiger partial charge in [-0.15, -0.1) is 0 Å². The maximum atomic E-state index is 12.6. The Morgan fingerprint density at radius 1 is 1.32 bits per heavy atom. The predicted molar refractivity (Wildman–Crippen MR) is 93.8 cm³/mol. The van der Waals surface area contributed by atoms with Crippen molar-refractivity contribution >= 4 is 5.91 Å². The monoisotopic (exact) mass is 349 g/mol. The number of benzene rings is 1. The van der Waals surface area contributed by atoms with E-state index in [9.17, 15) is 9.90 Å². The SMILES string of the molecule is CCOc1cc(C[NH+]2CCC(C(=O)N3CCOCC3)CC2)ccc1O. The molecule has 2 heterocycles. The largest absolute Gasteiger partial charge is 0.504 e. The number of hydrogen-bond acceptors (Lipinski definition) is 4. The second-order valence-electron chi connectivity index (χ2n) is 6.87. The van der Waals surface area contributed by atoms with Crippen LogP contribution < -0.4 is 9.64 Å². The molecule has 0 unspecified atom stereocenters. The van der Waals surface area contributed by atoms with Crippen LogP contribution in [-0.4, -0.2) is 61.9 Å². The number of aromatic hydroxyl groups is 1. The Balaban J connectivity index is 1.50. The van der Waals surface area contributed by atoms with Crippen LogP contribution in [0.15, 0.2) is 18.2 Å². The molecule has 0 radical (unpaired) electrons. The Kier molecular flexibility index (Phi) is 6.15. The average molecular weight is 349 g/mol. The molecule has 1 amide bonds. The smallest absolute Gasteiger partial charge is 0.226 e. The normalized spacial score (nSPS) is 24.1. The van der Waals surface area contributed by atoms with Gasteiger partial charge in [0.2, 0.25) is 5.91 Å². The highest BCUT2D eigenvalue weighted by molar-refractivity contribution is 5.79. The first kappa shape index (κ1) is 18.0. The van der Waals surface area contributed by atoms with Gasteiger partial charge in [-0.2, -0.15) is 0 Å². The van der Waals surface area contributed by atoms with Crippen LogP contribution in [0.4, 0.5) is 0 Å². The van der Waals surface area contributed by atoms with E-state index in [2.05, 4.69) is 0 Å². The summed E-state index contributed by atoms with van der Waals surface area (Å²) in [5.74, 6) is 1.22. The molecule has 1 aromatic carbocycles. The minimum atomic E-state index is 0.167. The number of piperidine rings is 1. The van der Waals surface area contributed by atoms with Gasteiger partial charge < -0.3 is 24.4 Å². The number of carbonyl (C=O) groups excluding carboxylic acids is 1. The molecular weight excluding hydrogens is 320 g/mol. The van der Waals surface area contributed by atoms with Crippen molar-refractivity contribution in [1.29, 1.82) is 0 Å². The number of hydrogen-bond donors (Lipinski definition) is 2. The molecule has 2 fully saturated rings. The van der Waals surface area contributed by atoms with Crippen LogP contribution in [0.3, 0.4) is 0 Å². The molecule has 0 atom stereocenters. The number of carbonyl (C=O) groups is 1. The number of morpholine rings is 1. The number of likely N-dealkylation sites (tertiary alicyclic amines) is 1. The fourth-order valence-corrected chi connectivity index (χ4v) is 3.72. The molecule has 1 aromatic rings. The topological polar surface area (TPSA) is 63.4 Å². The van der Waals surface area contributed by atoms with E-state index in [1.54, 1.807) is 6.07 Å². The zero-order chi connectivity index (χ0) is 17.6. The van der Waals surface area contributed by atoms with Gasteiger partial charge >= 0.3 is 0 Å². The maximum Gasteiger partial charge on any atom is 0.226 e. The van der Waals surface area contributed by atoms with E-state index < -0.39 is 0 Å². The highest BCUT2D eigenvalue weighted by Gasteiger charge is 2.31. The first-order valence-electron chi connectivity index (χ1n) is 9.32. The Bertz CT molecular complexity index is 579. The molecule has 2 aliphatic heterocycles. The van der Waals surface area contributed by atoms with Gasteiger partial charge in [0.05, 0.1) is 32.9 Å². The lowest BCUT2D eigenvalue weighted by atomic mass is 9.94. The molecule has 6 nitrogen and oxygen atoms in total. The van der Waals surface area contributed by atoms with E-state index in [0.717, 1.165) is 51.1 Å². The number of rotatable bonds is 5. The van der Waals surface area contributed by atoms with Crippen LogP contribution in [0.2, 0.25) is 0 Å². The number of amides is 1. The summed E-state index contributed by atoms with van der Waals surface area (Å²) in [7, 11) is 0. The summed E-state index contributed by atoms with van der Waals surface area (Å²) in [5.41, 5.74) is 1.16. The highest BCUT2D eigenvalue weighted by Crippen LogP contribution is 2.26. The van der Waals surface area contributed by atoms with E-state index in [0.29, 0.717) is 31.5 Å². The van der Waals surface area contributed by atoms with Crippen molar-refractivity contribution in [3.63, 3.8) is 0 Å². The first-order chi connectivity index (χ1) is 12.2. The van der Waals surface area contributed by atoms with E-state index in [1.807, 2.05) is 24.0 Å². The molecule has 0 aliphatic carbocycles. The maximum absolute atomic E-state index is 12.6. The van der Waals surface area contributed by atoms with Gasteiger partial charge in [-0.3, -0.25) is 4.79 Å². The Labute approximate surface area is 149 Å². The molecule has 25 heavy (non-hydrogen) atoms. The van der Waals surface area contributed by atoms with Crippen molar-refractivity contribution in [2.45, 2.75) is 26.3 Å². The van der Waals surface area contributed by atoms with E-state index in [1.165, 1.54) is 4.90 Å². The molecular formula is C19H29N2O4+. The number of ether oxygens (including phenoxy) is 2. The Morgan fingerprint density at radius 3 is 2.72 bits per heavy atom. The third-order valence-corrected chi connectivity index (χ3v) is 5.14. The van der Waals surface area contributed by atoms with Crippen LogP contribution in [-0.2, 0) is 16.1 Å². The van der Waals surface area contributed by atoms with Crippen LogP contribution in [0.25, 0.3) is 0 Å². The summed E-state index contributed by atoms with van der Waals surface area (Å²) >= 11 is 0. The van der Waals surface area contributed by atoms with Crippen LogP contribution in [0.5, 0.6) is 11.5 Å². The number of quaternary nitrogens is 1. The van der Waals surface area contributed by atoms with E-state index >= 15 is 0 Å². The second-order valence-corrected chi connectivity index (χ2v) is 6.87. The highest BCUT2D eigenvalue weighted by atomic mass is 16.5. The zero-order valence-corrected chi connectivity index (χ0v) is 15.0. The van der Waals surface area contributed by atoms with Crippen molar-refractivity contribution in [1.82, 2.24) is 4.90 Å². The van der Waals surface area contributed by atoms with Crippen molar-refractivity contribution in [3.8, 4) is 11.5 Å². The third kappa shape index (κ3) is 4.64. The van der Waals surface area contributed by atoms with Gasteiger partial charge in [0.1, 0.15) is 6.54 Å². The van der Waals surface area contributed by atoms with Gasteiger partial charge in [-0.05, 0) is 25.1 Å². The molecule has 138 valence electrons. The third-order valence-electron chi connectivity index (χ3n) is 5.14. The van der Waals surface area contributed by atoms with Gasteiger partial charge in [-0.1, -0.05) is 0 Å². The molecule has 0 spiro atoms. The van der Waals surface area contributed by atoms with Gasteiger partial charge in [0.25, 0.3) is 0 Å². The molecule has 2 N–H and O–H groups in total. The fourth-order valence-electron chi connectivity index (χ4n) is 3.72. The van der Waals surface area contributed by atoms with Crippen LogP contribution >= 0.6 is 0 Å². The zero-order valence-electron chi connectivity index (χ0n) is 15.0. The summed E-state index contributed by atoms with van der Waals surface area (Å²) in [6.45, 7) is 8.17. The standard InChI is InChI=1S/C19H28N2O4/c1-2-25-18-13-15(3-4-17(18)22)14-20-7-5-16(6-8-20)19(23)21-9-11-24-12-10-21/h3-4,13,16,22H,2,5-12,14H2,1H3/p+1. The van der Waals surface area contributed by atoms with Crippen molar-refractivity contribution in [3.05, 3.63) is 23.8 Å². The van der Waals surface area contributed by atoms with Crippen molar-refractivity contribution in [2.24, 2.45) is 5.92 Å². The summed E-state index contributed by atoms with van der Waals surface area (Å²) in [5, 5.41) is 9.81. The van der Waals surface area contributed by atoms with E-state index in [4.69, 9.17) is 9.47 Å². The minimum absolute atomic E-state index is 0.167. The van der Waals surface area contributed by atoms with Gasteiger partial charge in [0, 0.05) is 37.4 Å². The number of nitrogens with one attached hydrogen (secondary N) is 1. The lowest BCUT2D eigenvalue weighted by molar-refractivity contribution is -0.919. The average Bonchev–Trinajstić information content (AvgIpc) is 2.65. The summed E-state index contributed by atoms with van der Waals surface area (Å²) in [6, 6.07) is 5.58. The molecule has 2 saturated heterocycles. The van der Waals surface area contributed by atoms with Crippen molar-refractivity contribution in [2.75, 3.05) is 46.0 Å². The summed E-state index contributed by atoms with van der Waals surface area (Å²) in [6.07, 6.45) is 1.89. The summed E-state index contributed by atoms with van der Waals surface area (Å²) < 4.78 is 10.8. The molecule has 2 aliphatic rings. The minimum Gasteiger partial charge on any atom is -0.504 e. The van der Waals surface area contributed by atoms with Crippen LogP contribution in [0, 0.1) is 5.92 Å². The molecule has 0 bridgehead atoms. The van der Waals surface area contributed by atoms with Crippen molar-refractivity contribution < 1.29 is 24.3 Å². The molecule has 3 rings (SSSR count). The van der Waals surface area contributed by atoms with Gasteiger partial charge in [-0.25, -0.2) is 0 Å². The number of phenols is 1. The first-order valence-corrected chi connectivity index (χ1v) is 9.32. The lowest BCUT2D eigenvalue weighted by Crippen LogP contribution is -3.11. The van der Waals surface area contributed by atoms with E-state index in [-0.39, 0.29) is 11.7 Å². The predicted octanol–water partition coefficient (Wildman–Crippen LogP) is 0.445. The van der Waals surface area contributed by atoms with Crippen LogP contribution in [0.1, 0.15) is 25.3 Å². The quantitative estimate of drug-likeness (QED) is 0.810. The molecule has 6 heteroatoms. The fraction of sp³-hybridized carbons (Fsp3) is 0.632. The molecule has 0 aromatic heterocycles. The number of phenolic OH excluding ortho intramolecular Hbond substituents is 1. The lowest BCUT2D eigenvalue weighted by Gasteiger charge is -2.34. The summed E-state index contributed by atoms with van der Waals surface area (Å²) in [4.78, 5) is 16.0. The number of nitrogens with zero attached hydrogens (tertiary/aromatic N) is 1. The Morgan fingerprint density at radius 2 is 2.04 bits per heavy atom. The second kappa shape index (κ2) is 8.54. The Hall–Kier alpha value is -1.79.